The number of benzene rings is 1. The molecule has 0 aliphatic carbocycles. The van der Waals surface area contributed by atoms with E-state index in [4.69, 9.17) is 0 Å². The molecule has 0 aliphatic heterocycles. The third-order valence-corrected chi connectivity index (χ3v) is 2.25. The summed E-state index contributed by atoms with van der Waals surface area (Å²) in [6.45, 7) is 3.00. The quantitative estimate of drug-likeness (QED) is 0.728. The average Bonchev–Trinajstić information content (AvgIpc) is 2.17. The number of hydrogen-bond acceptors (Lipinski definition) is 1. The van der Waals surface area contributed by atoms with Gasteiger partial charge in [0, 0.05) is 18.2 Å². The van der Waals surface area contributed by atoms with Crippen molar-refractivity contribution in [2.24, 2.45) is 0 Å². The third-order valence-electron chi connectivity index (χ3n) is 2.25. The molecule has 0 saturated heterocycles. The normalized spacial score (nSPS) is 10.4. The maximum absolute atomic E-state index is 13.4. The van der Waals surface area contributed by atoms with E-state index in [1.807, 2.05) is 0 Å². The van der Waals surface area contributed by atoms with E-state index in [0.29, 0.717) is 0 Å². The van der Waals surface area contributed by atoms with Crippen LogP contribution in [0.4, 0.5) is 18.9 Å². The molecule has 0 spiro atoms. The van der Waals surface area contributed by atoms with Crippen LogP contribution in [0.1, 0.15) is 18.1 Å². The standard InChI is InChI=1S/C10H12F3N/c1-4-6-7(11)5(2)10(14-3)9(13)8(6)12/h14H,4H2,1-3H3. The summed E-state index contributed by atoms with van der Waals surface area (Å²) in [5.74, 6) is -2.78. The Bertz CT molecular complexity index is 297. The minimum Gasteiger partial charge on any atom is -0.385 e. The number of nitrogens with one attached hydrogen (secondary N) is 1. The van der Waals surface area contributed by atoms with Gasteiger partial charge in [0.2, 0.25) is 0 Å². The van der Waals surface area contributed by atoms with Crippen LogP contribution in [0.15, 0.2) is 0 Å². The van der Waals surface area contributed by atoms with E-state index >= 15 is 0 Å². The fourth-order valence-corrected chi connectivity index (χ4v) is 1.45. The lowest BCUT2D eigenvalue weighted by Gasteiger charge is -2.12. The van der Waals surface area contributed by atoms with Gasteiger partial charge in [-0.1, -0.05) is 6.92 Å². The van der Waals surface area contributed by atoms with Gasteiger partial charge < -0.3 is 5.32 Å². The van der Waals surface area contributed by atoms with E-state index in [-0.39, 0.29) is 23.2 Å². The number of halogens is 3. The smallest absolute Gasteiger partial charge is 0.182 e. The SMILES string of the molecule is CCc1c(F)c(C)c(NC)c(F)c1F. The Labute approximate surface area is 80.9 Å². The zero-order valence-electron chi connectivity index (χ0n) is 8.34. The molecule has 0 unspecified atom stereocenters. The van der Waals surface area contributed by atoms with Crippen molar-refractivity contribution in [1.29, 1.82) is 0 Å². The van der Waals surface area contributed by atoms with Gasteiger partial charge in [0.05, 0.1) is 5.69 Å². The average molecular weight is 203 g/mol. The lowest BCUT2D eigenvalue weighted by molar-refractivity contribution is 0.481. The molecule has 0 atom stereocenters. The van der Waals surface area contributed by atoms with Crippen LogP contribution >= 0.6 is 0 Å². The second kappa shape index (κ2) is 3.90. The van der Waals surface area contributed by atoms with Gasteiger partial charge >= 0.3 is 0 Å². The Hall–Kier alpha value is -1.19. The summed E-state index contributed by atoms with van der Waals surface area (Å²) in [4.78, 5) is 0. The van der Waals surface area contributed by atoms with Gasteiger partial charge in [-0.15, -0.1) is 0 Å². The molecule has 0 heterocycles. The molecule has 0 radical (unpaired) electrons. The van der Waals surface area contributed by atoms with Gasteiger partial charge in [-0.3, -0.25) is 0 Å². The molecule has 0 fully saturated rings. The van der Waals surface area contributed by atoms with Crippen LogP contribution in [-0.2, 0) is 6.42 Å². The van der Waals surface area contributed by atoms with Crippen molar-refractivity contribution in [2.45, 2.75) is 20.3 Å². The second-order valence-electron chi connectivity index (χ2n) is 3.02. The van der Waals surface area contributed by atoms with E-state index in [0.717, 1.165) is 0 Å². The molecule has 1 rings (SSSR count). The van der Waals surface area contributed by atoms with Crippen LogP contribution in [0.3, 0.4) is 0 Å². The van der Waals surface area contributed by atoms with Crippen LogP contribution in [0.2, 0.25) is 0 Å². The first-order valence-electron chi connectivity index (χ1n) is 4.38. The van der Waals surface area contributed by atoms with Crippen LogP contribution in [0.5, 0.6) is 0 Å². The molecule has 1 aromatic carbocycles. The maximum atomic E-state index is 13.4. The summed E-state index contributed by atoms with van der Waals surface area (Å²) in [6, 6.07) is 0. The summed E-state index contributed by atoms with van der Waals surface area (Å²) in [7, 11) is 1.43. The van der Waals surface area contributed by atoms with Gasteiger partial charge in [-0.25, -0.2) is 13.2 Å². The first kappa shape index (κ1) is 10.9. The minimum absolute atomic E-state index is 0.114. The predicted octanol–water partition coefficient (Wildman–Crippen LogP) is 3.02. The van der Waals surface area contributed by atoms with Crippen LogP contribution in [0.25, 0.3) is 0 Å². The van der Waals surface area contributed by atoms with Crippen LogP contribution in [0, 0.1) is 24.4 Å². The Morgan fingerprint density at radius 2 is 1.64 bits per heavy atom. The van der Waals surface area contributed by atoms with E-state index in [2.05, 4.69) is 5.32 Å². The summed E-state index contributed by atoms with van der Waals surface area (Å²) < 4.78 is 40.0. The number of rotatable bonds is 2. The highest BCUT2D eigenvalue weighted by Gasteiger charge is 2.20. The number of anilines is 1. The largest absolute Gasteiger partial charge is 0.385 e. The van der Waals surface area contributed by atoms with Crippen molar-refractivity contribution < 1.29 is 13.2 Å². The van der Waals surface area contributed by atoms with Crippen molar-refractivity contribution in [3.63, 3.8) is 0 Å². The molecule has 0 aliphatic rings. The number of hydrogen-bond donors (Lipinski definition) is 1. The summed E-state index contributed by atoms with van der Waals surface area (Å²) >= 11 is 0. The molecular weight excluding hydrogens is 191 g/mol. The molecule has 14 heavy (non-hydrogen) atoms. The van der Waals surface area contributed by atoms with Gasteiger partial charge in [-0.2, -0.15) is 0 Å². The first-order chi connectivity index (χ1) is 6.54. The lowest BCUT2D eigenvalue weighted by atomic mass is 10.0. The zero-order valence-corrected chi connectivity index (χ0v) is 8.34. The fourth-order valence-electron chi connectivity index (χ4n) is 1.45. The van der Waals surface area contributed by atoms with E-state index < -0.39 is 17.5 Å². The molecule has 1 N–H and O–H groups in total. The minimum atomic E-state index is -1.10. The monoisotopic (exact) mass is 203 g/mol. The Kier molecular flexibility index (Phi) is 3.03. The third kappa shape index (κ3) is 1.45. The Morgan fingerprint density at radius 3 is 2.07 bits per heavy atom. The first-order valence-corrected chi connectivity index (χ1v) is 4.38. The molecule has 0 aromatic heterocycles. The molecule has 0 bridgehead atoms. The van der Waals surface area contributed by atoms with Gasteiger partial charge in [0.25, 0.3) is 0 Å². The van der Waals surface area contributed by atoms with E-state index in [1.165, 1.54) is 14.0 Å². The van der Waals surface area contributed by atoms with Crippen molar-refractivity contribution in [3.05, 3.63) is 28.6 Å². The van der Waals surface area contributed by atoms with Gasteiger partial charge in [0.1, 0.15) is 5.82 Å². The summed E-state index contributed by atoms with van der Waals surface area (Å²) in [5.41, 5.74) is -0.195. The highest BCUT2D eigenvalue weighted by Crippen LogP contribution is 2.28. The molecule has 78 valence electrons. The molecule has 1 nitrogen and oxygen atoms in total. The molecule has 0 saturated carbocycles. The molecule has 0 amide bonds. The Balaban J connectivity index is 3.55. The predicted molar refractivity (Wildman–Crippen MR) is 50.0 cm³/mol. The van der Waals surface area contributed by atoms with Crippen molar-refractivity contribution >= 4 is 5.69 Å². The van der Waals surface area contributed by atoms with Crippen LogP contribution < -0.4 is 5.32 Å². The van der Waals surface area contributed by atoms with Crippen LogP contribution in [-0.4, -0.2) is 7.05 Å². The molecule has 4 heteroatoms. The molecule has 1 aromatic rings. The molecular formula is C10H12F3N. The van der Waals surface area contributed by atoms with Crippen molar-refractivity contribution in [1.82, 2.24) is 0 Å². The van der Waals surface area contributed by atoms with E-state index in [1.54, 1.807) is 6.92 Å². The summed E-state index contributed by atoms with van der Waals surface area (Å²) in [5, 5.41) is 2.44. The van der Waals surface area contributed by atoms with Gasteiger partial charge in [-0.05, 0) is 13.3 Å². The zero-order chi connectivity index (χ0) is 10.9. The van der Waals surface area contributed by atoms with E-state index in [9.17, 15) is 13.2 Å². The topological polar surface area (TPSA) is 12.0 Å². The highest BCUT2D eigenvalue weighted by molar-refractivity contribution is 5.54. The van der Waals surface area contributed by atoms with Gasteiger partial charge in [0.15, 0.2) is 11.6 Å². The second-order valence-corrected chi connectivity index (χ2v) is 3.02. The lowest BCUT2D eigenvalue weighted by Crippen LogP contribution is -2.06. The Morgan fingerprint density at radius 1 is 1.07 bits per heavy atom. The maximum Gasteiger partial charge on any atom is 0.182 e. The van der Waals surface area contributed by atoms with Crippen molar-refractivity contribution in [2.75, 3.05) is 12.4 Å². The summed E-state index contributed by atoms with van der Waals surface area (Å²) in [6.07, 6.45) is 0.138. The fraction of sp³-hybridized carbons (Fsp3) is 0.400. The van der Waals surface area contributed by atoms with Crippen molar-refractivity contribution in [3.8, 4) is 0 Å². The highest BCUT2D eigenvalue weighted by atomic mass is 19.2.